The third-order valence-corrected chi connectivity index (χ3v) is 9.62. The van der Waals surface area contributed by atoms with Gasteiger partial charge in [0.15, 0.2) is 0 Å². The number of halogens is 2. The molecule has 11 heteroatoms. The van der Waals surface area contributed by atoms with Crippen LogP contribution >= 0.6 is 46.3 Å². The van der Waals surface area contributed by atoms with Crippen molar-refractivity contribution in [3.8, 4) is 17.2 Å². The minimum absolute atomic E-state index is 0.0341. The Hall–Kier alpha value is -4.85. The molecule has 7 nitrogen and oxygen atoms in total. The van der Waals surface area contributed by atoms with Gasteiger partial charge >= 0.3 is 0 Å². The summed E-state index contributed by atoms with van der Waals surface area (Å²) in [5, 5.41) is 20.9. The van der Waals surface area contributed by atoms with Gasteiger partial charge in [0, 0.05) is 37.1 Å². The molecule has 0 aliphatic heterocycles. The highest BCUT2D eigenvalue weighted by Crippen LogP contribution is 2.36. The Labute approximate surface area is 296 Å². The number of nitrogens with one attached hydrogen (secondary N) is 3. The van der Waals surface area contributed by atoms with Crippen molar-refractivity contribution in [3.63, 3.8) is 0 Å². The van der Waals surface area contributed by atoms with E-state index in [0.717, 1.165) is 21.6 Å². The molecule has 5 rings (SSSR count). The molecule has 0 aliphatic rings. The summed E-state index contributed by atoms with van der Waals surface area (Å²) in [4.78, 5) is 40.4. The van der Waals surface area contributed by atoms with Crippen molar-refractivity contribution in [2.24, 2.45) is 0 Å². The SMILES string of the molecule is Cc1ccc(-c2csc(NC(=O)C(C)Sc3cccc(NC(=O)/C(=C\c4ccc(Cl)cc4Cl)NC(=O)c4ccccc4)c3)c2C#N)cc1. The number of thioether (sulfide) groups is 1. The van der Waals surface area contributed by atoms with Gasteiger partial charge in [-0.2, -0.15) is 5.26 Å². The molecule has 3 N–H and O–H groups in total. The van der Waals surface area contributed by atoms with Gasteiger partial charge in [-0.1, -0.05) is 83.4 Å². The Morgan fingerprint density at radius 2 is 1.67 bits per heavy atom. The maximum atomic E-state index is 13.5. The number of benzene rings is 4. The zero-order valence-corrected chi connectivity index (χ0v) is 28.9. The summed E-state index contributed by atoms with van der Waals surface area (Å²) in [5.41, 5.74) is 4.49. The molecule has 1 aromatic heterocycles. The van der Waals surface area contributed by atoms with E-state index in [1.807, 2.05) is 42.6 Å². The molecular formula is C37H28Cl2N4O3S2. The lowest BCUT2D eigenvalue weighted by Crippen LogP contribution is -2.30. The van der Waals surface area contributed by atoms with E-state index in [4.69, 9.17) is 23.2 Å². The first-order valence-corrected chi connectivity index (χ1v) is 17.1. The molecule has 0 fully saturated rings. The molecule has 3 amide bonds. The molecule has 1 heterocycles. The number of anilines is 2. The second-order valence-electron chi connectivity index (χ2n) is 10.6. The Morgan fingerprint density at radius 1 is 0.917 bits per heavy atom. The molecule has 0 bridgehead atoms. The minimum Gasteiger partial charge on any atom is -0.321 e. The zero-order chi connectivity index (χ0) is 34.2. The number of hydrogen-bond acceptors (Lipinski definition) is 6. The summed E-state index contributed by atoms with van der Waals surface area (Å²) >= 11 is 15.0. The first-order chi connectivity index (χ1) is 23.1. The molecule has 4 aromatic carbocycles. The van der Waals surface area contributed by atoms with Crippen LogP contribution in [0, 0.1) is 18.3 Å². The topological polar surface area (TPSA) is 111 Å². The van der Waals surface area contributed by atoms with Gasteiger partial charge in [-0.15, -0.1) is 23.1 Å². The fourth-order valence-corrected chi connectivity index (χ4v) is 6.85. The first-order valence-electron chi connectivity index (χ1n) is 14.6. The molecule has 0 aliphatic carbocycles. The lowest BCUT2D eigenvalue weighted by Gasteiger charge is -2.14. The van der Waals surface area contributed by atoms with Crippen molar-refractivity contribution >= 4 is 80.8 Å². The lowest BCUT2D eigenvalue weighted by molar-refractivity contribution is -0.115. The van der Waals surface area contributed by atoms with Crippen LogP contribution in [0.1, 0.15) is 34.0 Å². The van der Waals surface area contributed by atoms with E-state index in [0.29, 0.717) is 37.4 Å². The maximum Gasteiger partial charge on any atom is 0.272 e. The van der Waals surface area contributed by atoms with E-state index in [1.165, 1.54) is 29.2 Å². The van der Waals surface area contributed by atoms with Crippen molar-refractivity contribution in [2.45, 2.75) is 24.0 Å². The summed E-state index contributed by atoms with van der Waals surface area (Å²) in [6.07, 6.45) is 1.48. The molecule has 0 spiro atoms. The van der Waals surface area contributed by atoms with Gasteiger partial charge in [0.2, 0.25) is 5.91 Å². The molecular weight excluding hydrogens is 683 g/mol. The summed E-state index contributed by atoms with van der Waals surface area (Å²) in [6.45, 7) is 3.76. The quantitative estimate of drug-likeness (QED) is 0.0988. The second kappa shape index (κ2) is 15.8. The van der Waals surface area contributed by atoms with Gasteiger partial charge in [-0.3, -0.25) is 14.4 Å². The number of carbonyl (C=O) groups excluding carboxylic acids is 3. The highest BCUT2D eigenvalue weighted by atomic mass is 35.5. The Balaban J connectivity index is 1.29. The summed E-state index contributed by atoms with van der Waals surface area (Å²) in [5.74, 6) is -1.32. The Morgan fingerprint density at radius 3 is 2.38 bits per heavy atom. The van der Waals surface area contributed by atoms with Crippen molar-refractivity contribution in [1.82, 2.24) is 5.32 Å². The van der Waals surface area contributed by atoms with Crippen LogP contribution in [-0.4, -0.2) is 23.0 Å². The van der Waals surface area contributed by atoms with E-state index in [-0.39, 0.29) is 11.6 Å². The van der Waals surface area contributed by atoms with Crippen LogP contribution in [0.5, 0.6) is 0 Å². The van der Waals surface area contributed by atoms with Gasteiger partial charge < -0.3 is 16.0 Å². The second-order valence-corrected chi connectivity index (χ2v) is 13.7. The highest BCUT2D eigenvalue weighted by Gasteiger charge is 2.21. The smallest absolute Gasteiger partial charge is 0.272 e. The summed E-state index contributed by atoms with van der Waals surface area (Å²) in [6, 6.07) is 30.5. The van der Waals surface area contributed by atoms with E-state index in [1.54, 1.807) is 73.7 Å². The average molecular weight is 712 g/mol. The number of nitrogens with zero attached hydrogens (tertiary/aromatic N) is 1. The number of carbonyl (C=O) groups is 3. The van der Waals surface area contributed by atoms with Crippen LogP contribution in [0.25, 0.3) is 17.2 Å². The van der Waals surface area contributed by atoms with Gasteiger partial charge in [0.1, 0.15) is 16.8 Å². The number of hydrogen-bond donors (Lipinski definition) is 3. The van der Waals surface area contributed by atoms with Crippen molar-refractivity contribution < 1.29 is 14.4 Å². The van der Waals surface area contributed by atoms with Crippen LogP contribution in [0.4, 0.5) is 10.7 Å². The van der Waals surface area contributed by atoms with Crippen LogP contribution in [-0.2, 0) is 9.59 Å². The third-order valence-electron chi connectivity index (χ3n) is 7.07. The van der Waals surface area contributed by atoms with E-state index in [9.17, 15) is 19.6 Å². The van der Waals surface area contributed by atoms with Gasteiger partial charge in [-0.25, -0.2) is 0 Å². The standard InChI is InChI=1S/C37H28Cl2N4O3S2/c1-22-11-13-24(14-12-22)31-21-47-37(30(31)20-40)43-34(44)23(2)48-29-10-6-9-28(19-29)41-36(46)33(17-26-15-16-27(38)18-32(26)39)42-35(45)25-7-4-3-5-8-25/h3-19,21,23H,1-2H3,(H,41,46)(H,42,45)(H,43,44)/b33-17+. The number of aryl methyl sites for hydroxylation is 1. The minimum atomic E-state index is -0.579. The predicted molar refractivity (Wildman–Crippen MR) is 197 cm³/mol. The molecule has 1 unspecified atom stereocenters. The van der Waals surface area contributed by atoms with Gasteiger partial charge in [0.05, 0.1) is 10.8 Å². The van der Waals surface area contributed by atoms with Crippen LogP contribution in [0.2, 0.25) is 10.0 Å². The monoisotopic (exact) mass is 710 g/mol. The van der Waals surface area contributed by atoms with E-state index in [2.05, 4.69) is 22.0 Å². The number of amides is 3. The number of thiophene rings is 1. The molecule has 48 heavy (non-hydrogen) atoms. The zero-order valence-electron chi connectivity index (χ0n) is 25.7. The molecule has 1 atom stereocenters. The summed E-state index contributed by atoms with van der Waals surface area (Å²) < 4.78 is 0. The van der Waals surface area contributed by atoms with E-state index >= 15 is 0 Å². The molecule has 0 saturated carbocycles. The average Bonchev–Trinajstić information content (AvgIpc) is 3.48. The molecule has 0 saturated heterocycles. The molecule has 0 radical (unpaired) electrons. The van der Waals surface area contributed by atoms with Crippen molar-refractivity contribution in [1.29, 1.82) is 5.26 Å². The maximum absolute atomic E-state index is 13.5. The van der Waals surface area contributed by atoms with Gasteiger partial charge in [-0.05, 0) is 73.5 Å². The predicted octanol–water partition coefficient (Wildman–Crippen LogP) is 9.43. The largest absolute Gasteiger partial charge is 0.321 e. The van der Waals surface area contributed by atoms with Gasteiger partial charge in [0.25, 0.3) is 11.8 Å². The normalized spacial score (nSPS) is 11.7. The van der Waals surface area contributed by atoms with Crippen LogP contribution in [0.15, 0.2) is 113 Å². The number of rotatable bonds is 10. The number of nitriles is 1. The fourth-order valence-electron chi connectivity index (χ4n) is 4.54. The third kappa shape index (κ3) is 8.73. The molecule has 5 aromatic rings. The fraction of sp³-hybridized carbons (Fsp3) is 0.0811. The summed E-state index contributed by atoms with van der Waals surface area (Å²) in [7, 11) is 0. The van der Waals surface area contributed by atoms with Crippen molar-refractivity contribution in [2.75, 3.05) is 10.6 Å². The first kappa shape index (κ1) is 34.5. The molecule has 240 valence electrons. The lowest BCUT2D eigenvalue weighted by atomic mass is 10.0. The van der Waals surface area contributed by atoms with Crippen LogP contribution < -0.4 is 16.0 Å². The van der Waals surface area contributed by atoms with Crippen LogP contribution in [0.3, 0.4) is 0 Å². The Kier molecular flexibility index (Phi) is 11.4. The van der Waals surface area contributed by atoms with Crippen molar-refractivity contribution in [3.05, 3.63) is 140 Å². The highest BCUT2D eigenvalue weighted by molar-refractivity contribution is 8.00. The Bertz CT molecular complexity index is 2060. The van der Waals surface area contributed by atoms with E-state index < -0.39 is 17.1 Å².